The average molecular weight is 658 g/mol. The molecule has 0 saturated carbocycles. The summed E-state index contributed by atoms with van der Waals surface area (Å²) >= 11 is 0. The molecule has 46 heavy (non-hydrogen) atoms. The zero-order valence-corrected chi connectivity index (χ0v) is 27.5. The number of amides is 1. The van der Waals surface area contributed by atoms with Crippen LogP contribution in [0.4, 0.5) is 26.0 Å². The molecule has 2 saturated heterocycles. The van der Waals surface area contributed by atoms with Crippen molar-refractivity contribution < 1.29 is 26.7 Å². The quantitative estimate of drug-likeness (QED) is 0.395. The molecule has 4 heterocycles. The van der Waals surface area contributed by atoms with Crippen molar-refractivity contribution in [3.63, 3.8) is 0 Å². The molecule has 11 nitrogen and oxygen atoms in total. The molecule has 0 atom stereocenters. The summed E-state index contributed by atoms with van der Waals surface area (Å²) in [6, 6.07) is 8.33. The molecule has 2 fully saturated rings. The first-order chi connectivity index (χ1) is 21.8. The first kappa shape index (κ1) is 32.4. The first-order valence-corrected chi connectivity index (χ1v) is 17.0. The van der Waals surface area contributed by atoms with Gasteiger partial charge in [0.25, 0.3) is 5.91 Å². The Kier molecular flexibility index (Phi) is 8.83. The summed E-state index contributed by atoms with van der Waals surface area (Å²) in [4.78, 5) is 20.3. The molecule has 1 aromatic heterocycles. The SMILES string of the molecule is CN1CCN(c2ccc(C(=O)Nc3n[nH]c4c3CN(S(=O)(=O)c3cc(F)cc(F)c3)CC4(C)C)c(N(C)C3CCOCC3)c2)CC1. The van der Waals surface area contributed by atoms with Crippen molar-refractivity contribution >= 4 is 33.1 Å². The Bertz CT molecular complexity index is 1700. The lowest BCUT2D eigenvalue weighted by molar-refractivity contribution is 0.0854. The second-order valence-corrected chi connectivity index (χ2v) is 15.0. The number of hydrogen-bond acceptors (Lipinski definition) is 8. The zero-order valence-electron chi connectivity index (χ0n) is 26.6. The summed E-state index contributed by atoms with van der Waals surface area (Å²) in [6.45, 7) is 8.61. The van der Waals surface area contributed by atoms with E-state index in [1.807, 2.05) is 33.0 Å². The summed E-state index contributed by atoms with van der Waals surface area (Å²) in [6.07, 6.45) is 1.69. The van der Waals surface area contributed by atoms with Gasteiger partial charge in [0.05, 0.1) is 16.1 Å². The fourth-order valence-corrected chi connectivity index (χ4v) is 8.25. The summed E-state index contributed by atoms with van der Waals surface area (Å²) in [5.74, 6) is -2.13. The third kappa shape index (κ3) is 6.35. The third-order valence-corrected chi connectivity index (χ3v) is 11.1. The topological polar surface area (TPSA) is 114 Å². The highest BCUT2D eigenvalue weighted by molar-refractivity contribution is 7.89. The Labute approximate surface area is 268 Å². The van der Waals surface area contributed by atoms with E-state index in [1.54, 1.807) is 0 Å². The van der Waals surface area contributed by atoms with Gasteiger partial charge in [-0.25, -0.2) is 17.2 Å². The summed E-state index contributed by atoms with van der Waals surface area (Å²) in [7, 11) is -0.153. The smallest absolute Gasteiger partial charge is 0.258 e. The molecule has 3 aliphatic rings. The third-order valence-electron chi connectivity index (χ3n) is 9.37. The van der Waals surface area contributed by atoms with Crippen LogP contribution in [0.2, 0.25) is 0 Å². The van der Waals surface area contributed by atoms with Crippen LogP contribution < -0.4 is 15.1 Å². The van der Waals surface area contributed by atoms with E-state index in [9.17, 15) is 22.0 Å². The molecule has 1 amide bonds. The number of halogens is 2. The summed E-state index contributed by atoms with van der Waals surface area (Å²) < 4.78 is 61.9. The number of piperazine rings is 1. The normalized spacial score (nSPS) is 19.6. The van der Waals surface area contributed by atoms with Gasteiger partial charge < -0.3 is 24.8 Å². The number of aromatic nitrogens is 2. The van der Waals surface area contributed by atoms with E-state index in [0.717, 1.165) is 62.5 Å². The number of ether oxygens (including phenoxy) is 1. The maximum Gasteiger partial charge on any atom is 0.258 e. The predicted octanol–water partition coefficient (Wildman–Crippen LogP) is 3.79. The standard InChI is InChI=1S/C32H41F2N7O4S/c1-32(2)20-41(46(43,44)25-16-21(33)15-22(34)17-25)19-27-29(32)36-37-30(27)35-31(42)26-6-5-24(40-11-9-38(3)10-12-40)18-28(26)39(4)23-7-13-45-14-8-23/h5-6,15-18,23H,7-14,19-20H2,1-4H3,(H2,35,36,37,42). The number of sulfonamides is 1. The Balaban J connectivity index is 1.31. The van der Waals surface area contributed by atoms with Crippen molar-refractivity contribution in [3.8, 4) is 0 Å². The van der Waals surface area contributed by atoms with E-state index in [-0.39, 0.29) is 30.9 Å². The van der Waals surface area contributed by atoms with Crippen LogP contribution in [-0.4, -0.2) is 99.8 Å². The first-order valence-electron chi connectivity index (χ1n) is 15.6. The molecule has 14 heteroatoms. The molecular weight excluding hydrogens is 616 g/mol. The fraction of sp³-hybridized carbons (Fsp3) is 0.500. The molecule has 0 spiro atoms. The van der Waals surface area contributed by atoms with E-state index in [0.29, 0.717) is 36.1 Å². The molecule has 2 N–H and O–H groups in total. The number of rotatable bonds is 7. The van der Waals surface area contributed by atoms with Gasteiger partial charge in [-0.3, -0.25) is 9.89 Å². The van der Waals surface area contributed by atoms with E-state index in [2.05, 4.69) is 43.3 Å². The monoisotopic (exact) mass is 657 g/mol. The van der Waals surface area contributed by atoms with Gasteiger partial charge in [-0.05, 0) is 50.2 Å². The average Bonchev–Trinajstić information content (AvgIpc) is 3.44. The van der Waals surface area contributed by atoms with Crippen LogP contribution in [0.15, 0.2) is 41.3 Å². The highest BCUT2D eigenvalue weighted by atomic mass is 32.2. The Morgan fingerprint density at radius 3 is 2.41 bits per heavy atom. The van der Waals surface area contributed by atoms with Crippen LogP contribution in [0, 0.1) is 11.6 Å². The molecule has 0 bridgehead atoms. The second kappa shape index (κ2) is 12.5. The lowest BCUT2D eigenvalue weighted by atomic mass is 9.84. The van der Waals surface area contributed by atoms with Gasteiger partial charge in [-0.15, -0.1) is 0 Å². The zero-order chi connectivity index (χ0) is 32.8. The van der Waals surface area contributed by atoms with Crippen LogP contribution in [0.1, 0.15) is 48.3 Å². The van der Waals surface area contributed by atoms with Gasteiger partial charge in [0.15, 0.2) is 5.82 Å². The van der Waals surface area contributed by atoms with Crippen LogP contribution in [-0.2, 0) is 26.7 Å². The summed E-state index contributed by atoms with van der Waals surface area (Å²) in [5, 5.41) is 10.3. The van der Waals surface area contributed by atoms with Crippen molar-refractivity contribution in [2.45, 2.75) is 49.6 Å². The number of anilines is 3. The van der Waals surface area contributed by atoms with E-state index in [4.69, 9.17) is 4.74 Å². The highest BCUT2D eigenvalue weighted by Gasteiger charge is 2.41. The van der Waals surface area contributed by atoms with Crippen LogP contribution in [0.25, 0.3) is 0 Å². The lowest BCUT2D eigenvalue weighted by Gasteiger charge is -2.37. The van der Waals surface area contributed by atoms with Crippen molar-refractivity contribution in [2.75, 3.05) is 75.1 Å². The minimum Gasteiger partial charge on any atom is -0.381 e. The maximum atomic E-state index is 14.0. The van der Waals surface area contributed by atoms with Crippen LogP contribution in [0.5, 0.6) is 0 Å². The van der Waals surface area contributed by atoms with E-state index in [1.165, 1.54) is 4.31 Å². The molecule has 0 aliphatic carbocycles. The van der Waals surface area contributed by atoms with Crippen molar-refractivity contribution in [2.24, 2.45) is 0 Å². The van der Waals surface area contributed by atoms with Crippen LogP contribution in [0.3, 0.4) is 0 Å². The molecular formula is C32H41F2N7O4S. The largest absolute Gasteiger partial charge is 0.381 e. The number of benzene rings is 2. The molecule has 248 valence electrons. The van der Waals surface area contributed by atoms with E-state index >= 15 is 0 Å². The Hall–Kier alpha value is -3.59. The summed E-state index contributed by atoms with van der Waals surface area (Å²) in [5.41, 5.74) is 2.76. The van der Waals surface area contributed by atoms with Crippen molar-refractivity contribution in [3.05, 3.63) is 64.9 Å². The number of fused-ring (bicyclic) bond motifs is 1. The van der Waals surface area contributed by atoms with Crippen molar-refractivity contribution in [1.29, 1.82) is 0 Å². The highest BCUT2D eigenvalue weighted by Crippen LogP contribution is 2.38. The van der Waals surface area contributed by atoms with Gasteiger partial charge in [0.1, 0.15) is 11.6 Å². The minimum atomic E-state index is -4.27. The predicted molar refractivity (Wildman–Crippen MR) is 172 cm³/mol. The minimum absolute atomic E-state index is 0.0455. The molecule has 0 radical (unpaired) electrons. The number of likely N-dealkylation sites (N-methyl/N-ethyl adjacent to an activating group) is 1. The Morgan fingerprint density at radius 2 is 1.74 bits per heavy atom. The number of nitrogens with zero attached hydrogens (tertiary/aromatic N) is 5. The number of aromatic amines is 1. The van der Waals surface area contributed by atoms with Gasteiger partial charge in [-0.2, -0.15) is 9.40 Å². The molecule has 3 aliphatic heterocycles. The number of nitrogens with one attached hydrogen (secondary N) is 2. The second-order valence-electron chi connectivity index (χ2n) is 13.1. The van der Waals surface area contributed by atoms with Crippen molar-refractivity contribution in [1.82, 2.24) is 19.4 Å². The molecule has 2 aromatic carbocycles. The number of hydrogen-bond donors (Lipinski definition) is 2. The van der Waals surface area contributed by atoms with E-state index < -0.39 is 32.0 Å². The molecule has 3 aromatic rings. The molecule has 6 rings (SSSR count). The number of carbonyl (C=O) groups is 1. The fourth-order valence-electron chi connectivity index (χ4n) is 6.64. The van der Waals surface area contributed by atoms with Gasteiger partial charge >= 0.3 is 0 Å². The number of H-pyrrole nitrogens is 1. The van der Waals surface area contributed by atoms with Gasteiger partial charge in [0, 0.05) is 94.0 Å². The van der Waals surface area contributed by atoms with Gasteiger partial charge in [-0.1, -0.05) is 13.8 Å². The van der Waals surface area contributed by atoms with Crippen LogP contribution >= 0.6 is 0 Å². The molecule has 0 unspecified atom stereocenters. The number of carbonyl (C=O) groups excluding carboxylic acids is 1. The Morgan fingerprint density at radius 1 is 1.07 bits per heavy atom. The lowest BCUT2D eigenvalue weighted by Crippen LogP contribution is -2.45. The van der Waals surface area contributed by atoms with Gasteiger partial charge in [0.2, 0.25) is 10.0 Å². The maximum absolute atomic E-state index is 14.0.